The second-order valence-electron chi connectivity index (χ2n) is 5.69. The Balaban J connectivity index is 2.01. The molecule has 0 heterocycles. The van der Waals surface area contributed by atoms with Crippen molar-refractivity contribution in [1.82, 2.24) is 0 Å². The van der Waals surface area contributed by atoms with Crippen molar-refractivity contribution >= 4 is 16.6 Å². The fourth-order valence-electron chi connectivity index (χ4n) is 3.24. The van der Waals surface area contributed by atoms with Crippen LogP contribution < -0.4 is 0 Å². The summed E-state index contributed by atoms with van der Waals surface area (Å²) >= 11 is 0. The average Bonchev–Trinajstić information content (AvgIpc) is 2.76. The highest BCUT2D eigenvalue weighted by atomic mass is 19.1. The number of hydrogen-bond acceptors (Lipinski definition) is 1. The minimum atomic E-state index is -0.252. The number of benzene rings is 2. The van der Waals surface area contributed by atoms with Gasteiger partial charge in [-0.05, 0) is 30.4 Å². The summed E-state index contributed by atoms with van der Waals surface area (Å²) in [6.07, 6.45) is 6.68. The first kappa shape index (κ1) is 13.3. The van der Waals surface area contributed by atoms with Crippen molar-refractivity contribution in [3.05, 3.63) is 47.8 Å². The van der Waals surface area contributed by atoms with Crippen LogP contribution in [0.3, 0.4) is 0 Å². The van der Waals surface area contributed by atoms with Crippen LogP contribution in [-0.4, -0.2) is 5.78 Å². The van der Waals surface area contributed by atoms with E-state index in [4.69, 9.17) is 0 Å². The van der Waals surface area contributed by atoms with E-state index in [1.54, 1.807) is 12.1 Å². The molecule has 1 saturated carbocycles. The molecular weight excluding hydrogens is 251 g/mol. The minimum absolute atomic E-state index is 0.117. The Kier molecular flexibility index (Phi) is 3.81. The highest BCUT2D eigenvalue weighted by Gasteiger charge is 2.23. The Morgan fingerprint density at radius 3 is 2.25 bits per heavy atom. The topological polar surface area (TPSA) is 17.1 Å². The largest absolute Gasteiger partial charge is 0.294 e. The van der Waals surface area contributed by atoms with Crippen molar-refractivity contribution in [2.75, 3.05) is 0 Å². The number of halogens is 1. The maximum atomic E-state index is 13.8. The number of ketones is 1. The van der Waals surface area contributed by atoms with E-state index < -0.39 is 0 Å². The number of rotatable bonds is 2. The lowest BCUT2D eigenvalue weighted by Crippen LogP contribution is -2.14. The van der Waals surface area contributed by atoms with E-state index in [2.05, 4.69) is 0 Å². The van der Waals surface area contributed by atoms with Gasteiger partial charge in [0.25, 0.3) is 0 Å². The fraction of sp³-hybridized carbons (Fsp3) is 0.389. The third-order valence-electron chi connectivity index (χ3n) is 4.36. The molecule has 104 valence electrons. The summed E-state index contributed by atoms with van der Waals surface area (Å²) in [6.45, 7) is 0. The molecule has 3 rings (SSSR count). The van der Waals surface area contributed by atoms with Crippen molar-refractivity contribution in [2.45, 2.75) is 38.5 Å². The Morgan fingerprint density at radius 2 is 1.55 bits per heavy atom. The highest BCUT2D eigenvalue weighted by Crippen LogP contribution is 2.29. The van der Waals surface area contributed by atoms with Crippen molar-refractivity contribution < 1.29 is 9.18 Å². The van der Waals surface area contributed by atoms with Gasteiger partial charge in [0, 0.05) is 16.9 Å². The van der Waals surface area contributed by atoms with Gasteiger partial charge in [-0.25, -0.2) is 4.39 Å². The molecule has 0 atom stereocenters. The van der Waals surface area contributed by atoms with Crippen LogP contribution in [0.2, 0.25) is 0 Å². The lowest BCUT2D eigenvalue weighted by molar-refractivity contribution is 0.0909. The van der Waals surface area contributed by atoms with Crippen LogP contribution in [-0.2, 0) is 0 Å². The zero-order valence-corrected chi connectivity index (χ0v) is 11.6. The van der Waals surface area contributed by atoms with Crippen LogP contribution in [0.4, 0.5) is 4.39 Å². The number of Topliss-reactive ketones (excluding diaryl/α,β-unsaturated/α-hetero) is 1. The first-order valence-electron chi connectivity index (χ1n) is 7.49. The van der Waals surface area contributed by atoms with Crippen molar-refractivity contribution in [1.29, 1.82) is 0 Å². The molecule has 1 aliphatic carbocycles. The van der Waals surface area contributed by atoms with E-state index in [0.29, 0.717) is 10.9 Å². The van der Waals surface area contributed by atoms with E-state index in [1.165, 1.54) is 18.9 Å². The second kappa shape index (κ2) is 5.74. The van der Waals surface area contributed by atoms with Crippen LogP contribution in [0.1, 0.15) is 48.9 Å². The molecule has 0 saturated heterocycles. The lowest BCUT2D eigenvalue weighted by atomic mass is 9.88. The normalized spacial score (nSPS) is 17.1. The molecule has 1 nitrogen and oxygen atoms in total. The van der Waals surface area contributed by atoms with E-state index in [-0.39, 0.29) is 17.5 Å². The van der Waals surface area contributed by atoms with E-state index in [9.17, 15) is 9.18 Å². The molecule has 0 aliphatic heterocycles. The van der Waals surface area contributed by atoms with Gasteiger partial charge in [-0.15, -0.1) is 0 Å². The van der Waals surface area contributed by atoms with Crippen molar-refractivity contribution in [2.24, 2.45) is 5.92 Å². The van der Waals surface area contributed by atoms with Crippen LogP contribution in [0.5, 0.6) is 0 Å². The van der Waals surface area contributed by atoms with E-state index in [1.807, 2.05) is 18.2 Å². The third-order valence-corrected chi connectivity index (χ3v) is 4.36. The van der Waals surface area contributed by atoms with Gasteiger partial charge in [0.1, 0.15) is 5.82 Å². The summed E-state index contributed by atoms with van der Waals surface area (Å²) in [4.78, 5) is 12.8. The van der Waals surface area contributed by atoms with Gasteiger partial charge in [-0.2, -0.15) is 0 Å². The second-order valence-corrected chi connectivity index (χ2v) is 5.69. The summed E-state index contributed by atoms with van der Waals surface area (Å²) < 4.78 is 13.8. The molecule has 0 amide bonds. The predicted molar refractivity (Wildman–Crippen MR) is 79.4 cm³/mol. The molecule has 20 heavy (non-hydrogen) atoms. The van der Waals surface area contributed by atoms with Gasteiger partial charge in [0.15, 0.2) is 5.78 Å². The first-order valence-corrected chi connectivity index (χ1v) is 7.49. The maximum absolute atomic E-state index is 13.8. The Labute approximate surface area is 118 Å². The highest BCUT2D eigenvalue weighted by molar-refractivity contribution is 6.09. The Morgan fingerprint density at radius 1 is 0.900 bits per heavy atom. The number of hydrogen-bond donors (Lipinski definition) is 0. The summed E-state index contributed by atoms with van der Waals surface area (Å²) in [6, 6.07) is 10.4. The molecule has 2 aromatic carbocycles. The standard InChI is InChI=1S/C18H19FO/c19-17-12-11-16(14-9-5-6-10-15(14)17)18(20)13-7-3-1-2-4-8-13/h5-6,9-13H,1-4,7-8H2. The molecule has 0 N–H and O–H groups in total. The quantitative estimate of drug-likeness (QED) is 0.546. The molecule has 0 spiro atoms. The molecule has 0 unspecified atom stereocenters. The zero-order chi connectivity index (χ0) is 13.9. The molecule has 2 aromatic rings. The predicted octanol–water partition coefficient (Wildman–Crippen LogP) is 5.13. The molecule has 1 aliphatic rings. The first-order chi connectivity index (χ1) is 9.77. The Hall–Kier alpha value is -1.70. The van der Waals surface area contributed by atoms with Gasteiger partial charge < -0.3 is 0 Å². The number of carbonyl (C=O) groups is 1. The lowest BCUT2D eigenvalue weighted by Gasteiger charge is -2.14. The number of fused-ring (bicyclic) bond motifs is 1. The zero-order valence-electron chi connectivity index (χ0n) is 11.6. The molecule has 2 heteroatoms. The molecular formula is C18H19FO. The van der Waals surface area contributed by atoms with Crippen LogP contribution >= 0.6 is 0 Å². The van der Waals surface area contributed by atoms with Crippen LogP contribution in [0, 0.1) is 11.7 Å². The molecule has 1 fully saturated rings. The van der Waals surface area contributed by atoms with Gasteiger partial charge in [-0.1, -0.05) is 49.9 Å². The van der Waals surface area contributed by atoms with Gasteiger partial charge in [0.05, 0.1) is 0 Å². The minimum Gasteiger partial charge on any atom is -0.294 e. The van der Waals surface area contributed by atoms with Crippen LogP contribution in [0.15, 0.2) is 36.4 Å². The van der Waals surface area contributed by atoms with Crippen LogP contribution in [0.25, 0.3) is 10.8 Å². The smallest absolute Gasteiger partial charge is 0.166 e. The molecule has 0 bridgehead atoms. The third kappa shape index (κ3) is 2.47. The maximum Gasteiger partial charge on any atom is 0.166 e. The molecule has 0 aromatic heterocycles. The average molecular weight is 270 g/mol. The van der Waals surface area contributed by atoms with Gasteiger partial charge in [-0.3, -0.25) is 4.79 Å². The van der Waals surface area contributed by atoms with Crippen molar-refractivity contribution in [3.63, 3.8) is 0 Å². The summed E-state index contributed by atoms with van der Waals surface area (Å²) in [5.74, 6) is 0.0625. The van der Waals surface area contributed by atoms with E-state index >= 15 is 0 Å². The van der Waals surface area contributed by atoms with Gasteiger partial charge >= 0.3 is 0 Å². The number of carbonyl (C=O) groups excluding carboxylic acids is 1. The SMILES string of the molecule is O=C(c1ccc(F)c2ccccc12)C1CCCCCC1. The summed E-state index contributed by atoms with van der Waals surface area (Å²) in [7, 11) is 0. The summed E-state index contributed by atoms with van der Waals surface area (Å²) in [5, 5.41) is 1.30. The van der Waals surface area contributed by atoms with E-state index in [0.717, 1.165) is 31.1 Å². The summed E-state index contributed by atoms with van der Waals surface area (Å²) in [5.41, 5.74) is 0.689. The monoisotopic (exact) mass is 270 g/mol. The van der Waals surface area contributed by atoms with Crippen molar-refractivity contribution in [3.8, 4) is 0 Å². The molecule has 0 radical (unpaired) electrons. The fourth-order valence-corrected chi connectivity index (χ4v) is 3.24. The Bertz CT molecular complexity index is 624. The van der Waals surface area contributed by atoms with Gasteiger partial charge in [0.2, 0.25) is 0 Å².